The number of aryl methyl sites for hydroxylation is 1. The van der Waals surface area contributed by atoms with Crippen LogP contribution in [-0.4, -0.2) is 6.61 Å². The molecule has 0 fully saturated rings. The number of ether oxygens (including phenoxy) is 1. The van der Waals surface area contributed by atoms with E-state index in [4.69, 9.17) is 4.74 Å². The van der Waals surface area contributed by atoms with Crippen LogP contribution in [0.15, 0.2) is 12.1 Å². The summed E-state index contributed by atoms with van der Waals surface area (Å²) in [5.41, 5.74) is 4.70. The van der Waals surface area contributed by atoms with Gasteiger partial charge in [-0.15, -0.1) is 0 Å². The Morgan fingerprint density at radius 3 is 2.59 bits per heavy atom. The molecule has 0 N–H and O–H groups in total. The maximum Gasteiger partial charge on any atom is 0.123 e. The Kier molecular flexibility index (Phi) is 3.20. The maximum absolute atomic E-state index is 5.82. The Bertz CT molecular complexity index is 416. The van der Waals surface area contributed by atoms with Crippen molar-refractivity contribution in [3.8, 4) is 5.75 Å². The molecule has 0 saturated carbocycles. The molecule has 1 aromatic carbocycles. The van der Waals surface area contributed by atoms with E-state index in [9.17, 15) is 0 Å². The lowest BCUT2D eigenvalue weighted by Gasteiger charge is -2.22. The van der Waals surface area contributed by atoms with E-state index in [1.54, 1.807) is 0 Å². The first-order valence-corrected chi connectivity index (χ1v) is 6.76. The van der Waals surface area contributed by atoms with Gasteiger partial charge in [-0.25, -0.2) is 0 Å². The van der Waals surface area contributed by atoms with Crippen LogP contribution in [0.25, 0.3) is 0 Å². The molecule has 0 heterocycles. The topological polar surface area (TPSA) is 9.23 Å². The van der Waals surface area contributed by atoms with Crippen molar-refractivity contribution in [3.63, 3.8) is 0 Å². The summed E-state index contributed by atoms with van der Waals surface area (Å²) in [6.45, 7) is 12.0. The molecule has 1 heteroatoms. The van der Waals surface area contributed by atoms with Crippen molar-refractivity contribution in [2.75, 3.05) is 6.61 Å². The van der Waals surface area contributed by atoms with E-state index >= 15 is 0 Å². The largest absolute Gasteiger partial charge is 0.494 e. The molecule has 0 amide bonds. The van der Waals surface area contributed by atoms with E-state index in [2.05, 4.69) is 46.8 Å². The first-order chi connectivity index (χ1) is 7.95. The molecule has 0 spiro atoms. The minimum Gasteiger partial charge on any atom is -0.494 e. The highest BCUT2D eigenvalue weighted by Crippen LogP contribution is 2.42. The summed E-state index contributed by atoms with van der Waals surface area (Å²) >= 11 is 0. The minimum atomic E-state index is 0.316. The number of hydrogen-bond acceptors (Lipinski definition) is 1. The average Bonchev–Trinajstić information content (AvgIpc) is 2.54. The van der Waals surface area contributed by atoms with Gasteiger partial charge in [0.1, 0.15) is 5.75 Å². The second-order valence-electron chi connectivity index (χ2n) is 6.02. The lowest BCUT2D eigenvalue weighted by atomic mass is 9.85. The third-order valence-electron chi connectivity index (χ3n) is 3.91. The molecular weight excluding hydrogens is 208 g/mol. The predicted octanol–water partition coefficient (Wildman–Crippen LogP) is 4.43. The molecule has 1 nitrogen and oxygen atoms in total. The van der Waals surface area contributed by atoms with Gasteiger partial charge < -0.3 is 4.74 Å². The van der Waals surface area contributed by atoms with Crippen LogP contribution in [0.2, 0.25) is 0 Å². The monoisotopic (exact) mass is 232 g/mol. The van der Waals surface area contributed by atoms with Crippen molar-refractivity contribution in [1.29, 1.82) is 0 Å². The van der Waals surface area contributed by atoms with E-state index in [0.717, 1.165) is 12.4 Å². The fraction of sp³-hybridized carbons (Fsp3) is 0.625. The summed E-state index contributed by atoms with van der Waals surface area (Å²) in [5, 5.41) is 0. The third kappa shape index (κ3) is 2.20. The van der Waals surface area contributed by atoms with E-state index in [1.165, 1.54) is 29.5 Å². The van der Waals surface area contributed by atoms with Gasteiger partial charge in [0.2, 0.25) is 0 Å². The molecule has 0 unspecified atom stereocenters. The molecule has 1 aliphatic rings. The van der Waals surface area contributed by atoms with Gasteiger partial charge in [-0.3, -0.25) is 0 Å². The SMILES string of the molecule is CCOc1cc2c(cc1C(C)C)CCC2(C)C. The molecule has 94 valence electrons. The summed E-state index contributed by atoms with van der Waals surface area (Å²) < 4.78 is 5.82. The van der Waals surface area contributed by atoms with Gasteiger partial charge in [0.15, 0.2) is 0 Å². The van der Waals surface area contributed by atoms with Gasteiger partial charge in [-0.05, 0) is 53.9 Å². The lowest BCUT2D eigenvalue weighted by Crippen LogP contribution is -2.12. The molecular formula is C16H24O. The maximum atomic E-state index is 5.82. The molecule has 17 heavy (non-hydrogen) atoms. The second kappa shape index (κ2) is 4.36. The number of hydrogen-bond donors (Lipinski definition) is 0. The van der Waals surface area contributed by atoms with Crippen molar-refractivity contribution < 1.29 is 4.74 Å². The Morgan fingerprint density at radius 1 is 1.29 bits per heavy atom. The highest BCUT2D eigenvalue weighted by Gasteiger charge is 2.31. The average molecular weight is 232 g/mol. The van der Waals surface area contributed by atoms with Crippen molar-refractivity contribution in [2.24, 2.45) is 0 Å². The van der Waals surface area contributed by atoms with E-state index < -0.39 is 0 Å². The fourth-order valence-corrected chi connectivity index (χ4v) is 2.79. The van der Waals surface area contributed by atoms with Gasteiger partial charge in [0.05, 0.1) is 6.61 Å². The van der Waals surface area contributed by atoms with Crippen LogP contribution in [0.5, 0.6) is 5.75 Å². The van der Waals surface area contributed by atoms with Crippen LogP contribution in [0, 0.1) is 0 Å². The Labute approximate surface area is 105 Å². The quantitative estimate of drug-likeness (QED) is 0.749. The fourth-order valence-electron chi connectivity index (χ4n) is 2.79. The van der Waals surface area contributed by atoms with E-state index in [-0.39, 0.29) is 0 Å². The second-order valence-corrected chi connectivity index (χ2v) is 6.02. The number of rotatable bonds is 3. The van der Waals surface area contributed by atoms with Crippen LogP contribution >= 0.6 is 0 Å². The summed E-state index contributed by atoms with van der Waals surface area (Å²) in [7, 11) is 0. The van der Waals surface area contributed by atoms with Crippen LogP contribution in [0.3, 0.4) is 0 Å². The van der Waals surface area contributed by atoms with Crippen molar-refractivity contribution >= 4 is 0 Å². The predicted molar refractivity (Wildman–Crippen MR) is 73.0 cm³/mol. The Hall–Kier alpha value is -0.980. The standard InChI is InChI=1S/C16H24O/c1-6-17-15-10-14-12(7-8-16(14,4)5)9-13(15)11(2)3/h9-11H,6-8H2,1-5H3. The van der Waals surface area contributed by atoms with Crippen LogP contribution < -0.4 is 4.74 Å². The highest BCUT2D eigenvalue weighted by molar-refractivity contribution is 5.49. The van der Waals surface area contributed by atoms with Crippen molar-refractivity contribution in [1.82, 2.24) is 0 Å². The normalized spacial score (nSPS) is 17.3. The molecule has 0 aliphatic heterocycles. The van der Waals surface area contributed by atoms with E-state index in [1.807, 2.05) is 0 Å². The van der Waals surface area contributed by atoms with Gasteiger partial charge >= 0.3 is 0 Å². The summed E-state index contributed by atoms with van der Waals surface area (Å²) in [4.78, 5) is 0. The van der Waals surface area contributed by atoms with Crippen molar-refractivity contribution in [2.45, 2.75) is 58.8 Å². The molecule has 0 bridgehead atoms. The van der Waals surface area contributed by atoms with Crippen LogP contribution in [-0.2, 0) is 11.8 Å². The molecule has 0 atom stereocenters. The first kappa shape index (κ1) is 12.5. The molecule has 0 saturated heterocycles. The van der Waals surface area contributed by atoms with Crippen LogP contribution in [0.4, 0.5) is 0 Å². The molecule has 1 aromatic rings. The molecule has 0 aromatic heterocycles. The summed E-state index contributed by atoms with van der Waals surface area (Å²) in [6, 6.07) is 4.67. The third-order valence-corrected chi connectivity index (χ3v) is 3.91. The minimum absolute atomic E-state index is 0.316. The molecule has 0 radical (unpaired) electrons. The van der Waals surface area contributed by atoms with Gasteiger partial charge in [0, 0.05) is 0 Å². The zero-order valence-corrected chi connectivity index (χ0v) is 11.8. The van der Waals surface area contributed by atoms with E-state index in [0.29, 0.717) is 11.3 Å². The van der Waals surface area contributed by atoms with Gasteiger partial charge in [-0.1, -0.05) is 33.8 Å². The van der Waals surface area contributed by atoms with Crippen molar-refractivity contribution in [3.05, 3.63) is 28.8 Å². The number of benzene rings is 1. The summed E-state index contributed by atoms with van der Waals surface area (Å²) in [6.07, 6.45) is 2.48. The lowest BCUT2D eigenvalue weighted by molar-refractivity contribution is 0.334. The summed E-state index contributed by atoms with van der Waals surface area (Å²) in [5.74, 6) is 1.63. The highest BCUT2D eigenvalue weighted by atomic mass is 16.5. The molecule has 1 aliphatic carbocycles. The van der Waals surface area contributed by atoms with Gasteiger partial charge in [0.25, 0.3) is 0 Å². The number of fused-ring (bicyclic) bond motifs is 1. The Balaban J connectivity index is 2.51. The smallest absolute Gasteiger partial charge is 0.123 e. The Morgan fingerprint density at radius 2 is 2.00 bits per heavy atom. The zero-order chi connectivity index (χ0) is 12.6. The first-order valence-electron chi connectivity index (χ1n) is 6.76. The molecule has 2 rings (SSSR count). The van der Waals surface area contributed by atoms with Crippen LogP contribution in [0.1, 0.15) is 63.6 Å². The zero-order valence-electron chi connectivity index (χ0n) is 11.8. The van der Waals surface area contributed by atoms with Gasteiger partial charge in [-0.2, -0.15) is 0 Å².